The van der Waals surface area contributed by atoms with Gasteiger partial charge in [0, 0.05) is 17.7 Å². The lowest BCUT2D eigenvalue weighted by Gasteiger charge is -2.33. The van der Waals surface area contributed by atoms with Crippen LogP contribution < -0.4 is 5.32 Å². The quantitative estimate of drug-likeness (QED) is 0.627. The molecule has 0 aliphatic heterocycles. The third-order valence-corrected chi connectivity index (χ3v) is 6.64. The van der Waals surface area contributed by atoms with Crippen LogP contribution in [0.15, 0.2) is 24.4 Å². The molecule has 118 valence electrons. The van der Waals surface area contributed by atoms with Gasteiger partial charge >= 0.3 is 0 Å². The van der Waals surface area contributed by atoms with Gasteiger partial charge in [0.15, 0.2) is 0 Å². The van der Waals surface area contributed by atoms with Crippen molar-refractivity contribution in [3.8, 4) is 0 Å². The van der Waals surface area contributed by atoms with Crippen LogP contribution in [-0.2, 0) is 0 Å². The number of fused-ring (bicyclic) bond motifs is 1. The minimum Gasteiger partial charge on any atom is -0.386 e. The Morgan fingerprint density at radius 1 is 1.19 bits per heavy atom. The second-order valence-electron chi connectivity index (χ2n) is 8.70. The molecule has 0 amide bonds. The van der Waals surface area contributed by atoms with Crippen molar-refractivity contribution < 1.29 is 0 Å². The summed E-state index contributed by atoms with van der Waals surface area (Å²) in [5.74, 6) is 3.53. The maximum atomic E-state index is 4.44. The molecule has 0 radical (unpaired) electrons. The van der Waals surface area contributed by atoms with Gasteiger partial charge in [-0.1, -0.05) is 45.3 Å². The Morgan fingerprint density at radius 3 is 2.38 bits per heavy atom. The highest BCUT2D eigenvalue weighted by Gasteiger charge is 2.64. The minimum absolute atomic E-state index is 0.571. The Kier molecular flexibility index (Phi) is 3.96. The molecular weight excluding hydrogens is 254 g/mol. The molecule has 3 fully saturated rings. The molecule has 0 bridgehead atoms. The van der Waals surface area contributed by atoms with Crippen molar-refractivity contribution in [3.63, 3.8) is 0 Å². The number of hydrogen-bond acceptors (Lipinski definition) is 1. The Bertz CT molecular complexity index is 429. The maximum Gasteiger partial charge on any atom is 0.0297 e. The normalized spacial score (nSPS) is 34.7. The molecule has 4 atom stereocenters. The van der Waals surface area contributed by atoms with Crippen LogP contribution in [0, 0.1) is 29.1 Å². The molecule has 0 saturated heterocycles. The first kappa shape index (κ1) is 15.2. The molecule has 0 spiro atoms. The highest BCUT2D eigenvalue weighted by Crippen LogP contribution is 2.69. The zero-order chi connectivity index (χ0) is 15.2. The van der Waals surface area contributed by atoms with Crippen LogP contribution in [0.25, 0.3) is 0 Å². The number of rotatable bonds is 7. The van der Waals surface area contributed by atoms with Gasteiger partial charge < -0.3 is 5.32 Å². The van der Waals surface area contributed by atoms with Gasteiger partial charge in [-0.25, -0.2) is 0 Å². The Balaban J connectivity index is 1.56. The first-order chi connectivity index (χ1) is 9.89. The molecule has 2 unspecified atom stereocenters. The standard InChI is InChI=1S/C20H33N/c1-13(2)11-16(12-15-7-6-8-15)21-14(3)17-9-10-18-19(17)20(18,4)5/h15-19,21H,1,3,6-12H2,2,4-5H3/t16?,17?,18-,19+/m0/s1. The molecule has 1 heteroatoms. The third-order valence-electron chi connectivity index (χ3n) is 6.64. The SMILES string of the molecule is C=C(C)CC(CC1CCC1)NC(=C)C1CC[C@H]2[C@@H]1C2(C)C. The summed E-state index contributed by atoms with van der Waals surface area (Å²) < 4.78 is 0. The van der Waals surface area contributed by atoms with Gasteiger partial charge in [0.25, 0.3) is 0 Å². The molecule has 0 aromatic heterocycles. The van der Waals surface area contributed by atoms with E-state index in [0.29, 0.717) is 11.5 Å². The van der Waals surface area contributed by atoms with Crippen molar-refractivity contribution in [1.82, 2.24) is 5.32 Å². The first-order valence-corrected chi connectivity index (χ1v) is 8.99. The van der Waals surface area contributed by atoms with Crippen LogP contribution >= 0.6 is 0 Å². The Hall–Kier alpha value is -0.720. The van der Waals surface area contributed by atoms with E-state index in [2.05, 4.69) is 39.2 Å². The van der Waals surface area contributed by atoms with Gasteiger partial charge in [0.05, 0.1) is 0 Å². The van der Waals surface area contributed by atoms with Crippen LogP contribution in [0.5, 0.6) is 0 Å². The largest absolute Gasteiger partial charge is 0.386 e. The summed E-state index contributed by atoms with van der Waals surface area (Å²) in [6.45, 7) is 15.6. The summed E-state index contributed by atoms with van der Waals surface area (Å²) in [6, 6.07) is 0.571. The van der Waals surface area contributed by atoms with Crippen LogP contribution in [0.1, 0.15) is 65.7 Å². The summed E-state index contributed by atoms with van der Waals surface area (Å²) in [5.41, 5.74) is 3.21. The maximum absolute atomic E-state index is 4.44. The van der Waals surface area contributed by atoms with Crippen molar-refractivity contribution in [2.45, 2.75) is 71.8 Å². The number of allylic oxidation sites excluding steroid dienone is 1. The Labute approximate surface area is 131 Å². The van der Waals surface area contributed by atoms with E-state index >= 15 is 0 Å². The molecular formula is C20H33N. The van der Waals surface area contributed by atoms with Gasteiger partial charge in [0.2, 0.25) is 0 Å². The predicted octanol–water partition coefficient (Wildman–Crippen LogP) is 5.30. The molecule has 0 aromatic rings. The van der Waals surface area contributed by atoms with E-state index in [1.54, 1.807) is 0 Å². The number of hydrogen-bond donors (Lipinski definition) is 1. The van der Waals surface area contributed by atoms with Gasteiger partial charge in [-0.2, -0.15) is 0 Å². The predicted molar refractivity (Wildman–Crippen MR) is 90.9 cm³/mol. The molecule has 3 saturated carbocycles. The van der Waals surface area contributed by atoms with Crippen LogP contribution in [0.4, 0.5) is 0 Å². The summed E-state index contributed by atoms with van der Waals surface area (Å²) in [7, 11) is 0. The summed E-state index contributed by atoms with van der Waals surface area (Å²) in [5, 5.41) is 3.83. The van der Waals surface area contributed by atoms with E-state index in [0.717, 1.165) is 30.1 Å². The molecule has 1 nitrogen and oxygen atoms in total. The second kappa shape index (κ2) is 5.48. The fraction of sp³-hybridized carbons (Fsp3) is 0.800. The van der Waals surface area contributed by atoms with E-state index in [1.165, 1.54) is 49.8 Å². The summed E-state index contributed by atoms with van der Waals surface area (Å²) in [4.78, 5) is 0. The van der Waals surface area contributed by atoms with E-state index in [-0.39, 0.29) is 0 Å². The molecule has 0 heterocycles. The average Bonchev–Trinajstić information content (AvgIpc) is 2.75. The van der Waals surface area contributed by atoms with E-state index in [4.69, 9.17) is 0 Å². The highest BCUT2D eigenvalue weighted by atomic mass is 14.9. The van der Waals surface area contributed by atoms with Gasteiger partial charge in [-0.15, -0.1) is 6.58 Å². The van der Waals surface area contributed by atoms with Crippen LogP contribution in [0.3, 0.4) is 0 Å². The zero-order valence-corrected chi connectivity index (χ0v) is 14.3. The van der Waals surface area contributed by atoms with Gasteiger partial charge in [-0.05, 0) is 55.8 Å². The van der Waals surface area contributed by atoms with E-state index in [9.17, 15) is 0 Å². The summed E-state index contributed by atoms with van der Waals surface area (Å²) in [6.07, 6.45) is 9.50. The Morgan fingerprint density at radius 2 is 1.90 bits per heavy atom. The third kappa shape index (κ3) is 2.94. The molecule has 21 heavy (non-hydrogen) atoms. The van der Waals surface area contributed by atoms with Gasteiger partial charge in [0.1, 0.15) is 0 Å². The van der Waals surface area contributed by atoms with Crippen molar-refractivity contribution in [1.29, 1.82) is 0 Å². The number of nitrogens with one attached hydrogen (secondary N) is 1. The van der Waals surface area contributed by atoms with Gasteiger partial charge in [-0.3, -0.25) is 0 Å². The zero-order valence-electron chi connectivity index (χ0n) is 14.3. The molecule has 0 aromatic carbocycles. The highest BCUT2D eigenvalue weighted by molar-refractivity contribution is 5.20. The molecule has 3 rings (SSSR count). The lowest BCUT2D eigenvalue weighted by molar-refractivity contribution is 0.259. The molecule has 1 N–H and O–H groups in total. The van der Waals surface area contributed by atoms with Crippen LogP contribution in [-0.4, -0.2) is 6.04 Å². The van der Waals surface area contributed by atoms with Crippen molar-refractivity contribution >= 4 is 0 Å². The molecule has 3 aliphatic carbocycles. The molecule has 3 aliphatic rings. The van der Waals surface area contributed by atoms with Crippen molar-refractivity contribution in [2.24, 2.45) is 29.1 Å². The minimum atomic E-state index is 0.571. The fourth-order valence-corrected chi connectivity index (χ4v) is 5.18. The van der Waals surface area contributed by atoms with E-state index in [1.807, 2.05) is 0 Å². The smallest absolute Gasteiger partial charge is 0.0297 e. The lowest BCUT2D eigenvalue weighted by Crippen LogP contribution is -2.35. The topological polar surface area (TPSA) is 12.0 Å². The lowest BCUT2D eigenvalue weighted by atomic mass is 9.79. The van der Waals surface area contributed by atoms with Crippen LogP contribution in [0.2, 0.25) is 0 Å². The summed E-state index contributed by atoms with van der Waals surface area (Å²) >= 11 is 0. The van der Waals surface area contributed by atoms with Crippen molar-refractivity contribution in [2.75, 3.05) is 0 Å². The van der Waals surface area contributed by atoms with Crippen molar-refractivity contribution in [3.05, 3.63) is 24.4 Å². The fourth-order valence-electron chi connectivity index (χ4n) is 5.18. The second-order valence-corrected chi connectivity index (χ2v) is 8.70. The first-order valence-electron chi connectivity index (χ1n) is 8.99. The monoisotopic (exact) mass is 287 g/mol. The average molecular weight is 287 g/mol. The van der Waals surface area contributed by atoms with E-state index < -0.39 is 0 Å².